The summed E-state index contributed by atoms with van der Waals surface area (Å²) in [6.07, 6.45) is 1.09. The van der Waals surface area contributed by atoms with E-state index in [2.05, 4.69) is 10.6 Å². The van der Waals surface area contributed by atoms with Gasteiger partial charge in [0.05, 0.1) is 12.1 Å². The predicted molar refractivity (Wildman–Crippen MR) is 101 cm³/mol. The molecule has 0 heterocycles. The molecule has 0 saturated heterocycles. The van der Waals surface area contributed by atoms with Crippen LogP contribution in [0.4, 0.5) is 5.69 Å². The normalized spacial score (nSPS) is 14.4. The highest BCUT2D eigenvalue weighted by atomic mass is 35.5. The van der Waals surface area contributed by atoms with E-state index in [9.17, 15) is 9.59 Å². The van der Waals surface area contributed by atoms with Crippen molar-refractivity contribution in [3.63, 3.8) is 0 Å². The first-order chi connectivity index (χ1) is 12.4. The number of ether oxygens (including phenoxy) is 1. The number of hydrogen-bond donors (Lipinski definition) is 2. The second-order valence-electron chi connectivity index (χ2n) is 6.55. The minimum absolute atomic E-state index is 0.241. The fourth-order valence-electron chi connectivity index (χ4n) is 2.73. The van der Waals surface area contributed by atoms with Crippen LogP contribution in [-0.2, 0) is 16.1 Å². The minimum Gasteiger partial charge on any atom is -0.495 e. The molecule has 5 nitrogen and oxygen atoms in total. The van der Waals surface area contributed by atoms with Gasteiger partial charge < -0.3 is 15.4 Å². The quantitative estimate of drug-likeness (QED) is 0.760. The summed E-state index contributed by atoms with van der Waals surface area (Å²) in [5.74, 6) is -0.0167. The van der Waals surface area contributed by atoms with Crippen LogP contribution in [0.1, 0.15) is 24.0 Å². The Morgan fingerprint density at radius 2 is 1.81 bits per heavy atom. The lowest BCUT2D eigenvalue weighted by atomic mass is 10.0. The van der Waals surface area contributed by atoms with Crippen LogP contribution in [0.15, 0.2) is 42.5 Å². The smallest absolute Gasteiger partial charge is 0.240 e. The molecule has 6 heteroatoms. The van der Waals surface area contributed by atoms with E-state index in [0.717, 1.165) is 11.1 Å². The fourth-order valence-corrected chi connectivity index (χ4v) is 2.99. The van der Waals surface area contributed by atoms with Gasteiger partial charge in [0.1, 0.15) is 11.2 Å². The molecule has 0 aromatic heterocycles. The predicted octanol–water partition coefficient (Wildman–Crippen LogP) is 3.69. The van der Waals surface area contributed by atoms with Crippen molar-refractivity contribution in [2.75, 3.05) is 12.4 Å². The summed E-state index contributed by atoms with van der Waals surface area (Å²) in [5, 5.41) is 6.06. The van der Waals surface area contributed by atoms with Crippen LogP contribution in [0, 0.1) is 12.3 Å². The van der Waals surface area contributed by atoms with Crippen LogP contribution < -0.4 is 15.4 Å². The number of carbonyl (C=O) groups is 2. The van der Waals surface area contributed by atoms with E-state index >= 15 is 0 Å². The van der Waals surface area contributed by atoms with Crippen molar-refractivity contribution in [1.82, 2.24) is 5.32 Å². The number of anilines is 1. The monoisotopic (exact) mass is 372 g/mol. The molecule has 1 aliphatic rings. The molecule has 0 radical (unpaired) electrons. The third-order valence-electron chi connectivity index (χ3n) is 4.60. The molecule has 1 aliphatic carbocycles. The topological polar surface area (TPSA) is 67.4 Å². The number of halogens is 1. The van der Waals surface area contributed by atoms with E-state index in [1.165, 1.54) is 7.11 Å². The van der Waals surface area contributed by atoms with Crippen molar-refractivity contribution in [3.8, 4) is 5.75 Å². The van der Waals surface area contributed by atoms with Crippen LogP contribution in [0.2, 0.25) is 5.02 Å². The highest BCUT2D eigenvalue weighted by molar-refractivity contribution is 6.32. The lowest BCUT2D eigenvalue weighted by Crippen LogP contribution is -2.39. The molecule has 26 heavy (non-hydrogen) atoms. The average molecular weight is 373 g/mol. The zero-order chi connectivity index (χ0) is 18.7. The average Bonchev–Trinajstić information content (AvgIpc) is 3.43. The van der Waals surface area contributed by atoms with E-state index in [0.29, 0.717) is 35.8 Å². The van der Waals surface area contributed by atoms with Gasteiger partial charge in [-0.2, -0.15) is 0 Å². The Morgan fingerprint density at radius 1 is 1.12 bits per heavy atom. The highest BCUT2D eigenvalue weighted by Crippen LogP contribution is 2.47. The third kappa shape index (κ3) is 3.83. The molecule has 0 aliphatic heterocycles. The Balaban J connectivity index is 1.62. The van der Waals surface area contributed by atoms with Gasteiger partial charge in [-0.3, -0.25) is 9.59 Å². The second-order valence-corrected chi connectivity index (χ2v) is 6.96. The highest BCUT2D eigenvalue weighted by Gasteiger charge is 2.56. The van der Waals surface area contributed by atoms with Gasteiger partial charge in [0, 0.05) is 12.2 Å². The van der Waals surface area contributed by atoms with E-state index in [1.807, 2.05) is 31.2 Å². The molecule has 0 unspecified atom stereocenters. The van der Waals surface area contributed by atoms with Gasteiger partial charge in [-0.1, -0.05) is 41.4 Å². The maximum absolute atomic E-state index is 12.6. The first-order valence-corrected chi connectivity index (χ1v) is 8.81. The number of benzene rings is 2. The van der Waals surface area contributed by atoms with Gasteiger partial charge >= 0.3 is 0 Å². The van der Waals surface area contributed by atoms with E-state index in [-0.39, 0.29) is 11.8 Å². The van der Waals surface area contributed by atoms with E-state index in [4.69, 9.17) is 16.3 Å². The Hall–Kier alpha value is -2.53. The molecular formula is C20H21ClN2O3. The van der Waals surface area contributed by atoms with Crippen molar-refractivity contribution in [2.24, 2.45) is 5.41 Å². The number of carbonyl (C=O) groups excluding carboxylic acids is 2. The molecule has 1 saturated carbocycles. The summed E-state index contributed by atoms with van der Waals surface area (Å²) in [7, 11) is 1.52. The summed E-state index contributed by atoms with van der Waals surface area (Å²) >= 11 is 6.08. The number of hydrogen-bond acceptors (Lipinski definition) is 3. The molecule has 0 spiro atoms. The second kappa shape index (κ2) is 7.38. The largest absolute Gasteiger partial charge is 0.495 e. The third-order valence-corrected chi connectivity index (χ3v) is 4.90. The van der Waals surface area contributed by atoms with E-state index < -0.39 is 5.41 Å². The maximum Gasteiger partial charge on any atom is 0.240 e. The molecule has 0 atom stereocenters. The zero-order valence-electron chi connectivity index (χ0n) is 14.8. The van der Waals surface area contributed by atoms with Crippen LogP contribution >= 0.6 is 11.6 Å². The van der Waals surface area contributed by atoms with Crippen LogP contribution in [-0.4, -0.2) is 18.9 Å². The van der Waals surface area contributed by atoms with E-state index in [1.54, 1.807) is 18.2 Å². The van der Waals surface area contributed by atoms with Crippen LogP contribution in [0.3, 0.4) is 0 Å². The van der Waals surface area contributed by atoms with Crippen molar-refractivity contribution in [2.45, 2.75) is 26.3 Å². The number of nitrogens with one attached hydrogen (secondary N) is 2. The zero-order valence-corrected chi connectivity index (χ0v) is 15.5. The maximum atomic E-state index is 12.6. The standard InChI is InChI=1S/C20H21ClN2O3/c1-13-3-5-14(6-4-13)12-22-18(24)20(9-10-20)19(25)23-15-7-8-17(26-2)16(21)11-15/h3-8,11H,9-10,12H2,1-2H3,(H,22,24)(H,23,25). The number of amides is 2. The lowest BCUT2D eigenvalue weighted by molar-refractivity contribution is -0.134. The summed E-state index contributed by atoms with van der Waals surface area (Å²) in [4.78, 5) is 25.2. The fraction of sp³-hybridized carbons (Fsp3) is 0.300. The Kier molecular flexibility index (Phi) is 5.18. The Morgan fingerprint density at radius 3 is 2.38 bits per heavy atom. The van der Waals surface area contributed by atoms with Crippen molar-refractivity contribution < 1.29 is 14.3 Å². The first-order valence-electron chi connectivity index (χ1n) is 8.43. The molecule has 136 valence electrons. The molecule has 2 amide bonds. The number of methoxy groups -OCH3 is 1. The summed E-state index contributed by atoms with van der Waals surface area (Å²) in [6, 6.07) is 12.9. The minimum atomic E-state index is -0.989. The van der Waals surface area contributed by atoms with Crippen LogP contribution in [0.25, 0.3) is 0 Å². The van der Waals surface area contributed by atoms with Crippen molar-refractivity contribution >= 4 is 29.1 Å². The molecule has 2 aromatic carbocycles. The molecule has 2 aromatic rings. The van der Waals surface area contributed by atoms with Gasteiger partial charge in [0.15, 0.2) is 0 Å². The number of aryl methyl sites for hydroxylation is 1. The van der Waals surface area contributed by atoms with Gasteiger partial charge in [-0.25, -0.2) is 0 Å². The van der Waals surface area contributed by atoms with Crippen molar-refractivity contribution in [3.05, 3.63) is 58.6 Å². The lowest BCUT2D eigenvalue weighted by Gasteiger charge is -2.16. The van der Waals surface area contributed by atoms with Crippen LogP contribution in [0.5, 0.6) is 5.75 Å². The molecule has 2 N–H and O–H groups in total. The summed E-state index contributed by atoms with van der Waals surface area (Å²) < 4.78 is 5.10. The van der Waals surface area contributed by atoms with Gasteiger partial charge in [0.25, 0.3) is 0 Å². The molecular weight excluding hydrogens is 352 g/mol. The number of rotatable bonds is 6. The summed E-state index contributed by atoms with van der Waals surface area (Å²) in [6.45, 7) is 2.42. The molecule has 1 fully saturated rings. The molecule has 0 bridgehead atoms. The molecule has 3 rings (SSSR count). The van der Waals surface area contributed by atoms with Gasteiger partial charge in [-0.05, 0) is 43.5 Å². The summed E-state index contributed by atoms with van der Waals surface area (Å²) in [5.41, 5.74) is 1.72. The SMILES string of the molecule is COc1ccc(NC(=O)C2(C(=O)NCc3ccc(C)cc3)CC2)cc1Cl. The Labute approximate surface area is 157 Å². The van der Waals surface area contributed by atoms with Gasteiger partial charge in [-0.15, -0.1) is 0 Å². The van der Waals surface area contributed by atoms with Crippen molar-refractivity contribution in [1.29, 1.82) is 0 Å². The van der Waals surface area contributed by atoms with Gasteiger partial charge in [0.2, 0.25) is 11.8 Å². The first kappa shape index (κ1) is 18.3. The Bertz CT molecular complexity index is 829.